The van der Waals surface area contributed by atoms with Crippen LogP contribution in [0.1, 0.15) is 22.0 Å². The standard InChI is InChI=1S/C18H16N4O3/c1-25-18(24)16(13-5-3-2-4-6-13)20-17(23)14-9-7-12(8-10-14)15-11-19-22-21-15/h2-11,16H,1H3,(H,20,23)(H,19,21,22)/t16-/m1/s1. The summed E-state index contributed by atoms with van der Waals surface area (Å²) in [5, 5.41) is 13.0. The zero-order valence-electron chi connectivity index (χ0n) is 13.5. The third-order valence-electron chi connectivity index (χ3n) is 3.70. The number of ether oxygens (including phenoxy) is 1. The number of carbonyl (C=O) groups is 2. The van der Waals surface area contributed by atoms with Gasteiger partial charge in [0.25, 0.3) is 5.91 Å². The highest BCUT2D eigenvalue weighted by Crippen LogP contribution is 2.18. The summed E-state index contributed by atoms with van der Waals surface area (Å²) >= 11 is 0. The molecule has 0 unspecified atom stereocenters. The van der Waals surface area contributed by atoms with Gasteiger partial charge in [-0.3, -0.25) is 4.79 Å². The molecule has 0 saturated carbocycles. The van der Waals surface area contributed by atoms with Crippen molar-refractivity contribution in [1.29, 1.82) is 0 Å². The van der Waals surface area contributed by atoms with Gasteiger partial charge in [-0.2, -0.15) is 15.4 Å². The first kappa shape index (κ1) is 16.4. The number of carbonyl (C=O) groups excluding carboxylic acids is 2. The van der Waals surface area contributed by atoms with Crippen LogP contribution in [0.2, 0.25) is 0 Å². The first-order chi connectivity index (χ1) is 12.2. The van der Waals surface area contributed by atoms with Crippen LogP contribution >= 0.6 is 0 Å². The summed E-state index contributed by atoms with van der Waals surface area (Å²) in [7, 11) is 1.29. The molecule has 1 aromatic heterocycles. The molecule has 7 nitrogen and oxygen atoms in total. The number of nitrogens with one attached hydrogen (secondary N) is 2. The van der Waals surface area contributed by atoms with E-state index in [-0.39, 0.29) is 5.91 Å². The van der Waals surface area contributed by atoms with Crippen LogP contribution < -0.4 is 5.32 Å². The van der Waals surface area contributed by atoms with Gasteiger partial charge in [-0.1, -0.05) is 42.5 Å². The van der Waals surface area contributed by atoms with E-state index >= 15 is 0 Å². The SMILES string of the molecule is COC(=O)[C@H](NC(=O)c1ccc(-c2cn[nH]n2)cc1)c1ccccc1. The summed E-state index contributed by atoms with van der Waals surface area (Å²) in [4.78, 5) is 24.5. The monoisotopic (exact) mass is 336 g/mol. The van der Waals surface area contributed by atoms with Gasteiger partial charge in [0.15, 0.2) is 6.04 Å². The lowest BCUT2D eigenvalue weighted by Gasteiger charge is -2.17. The van der Waals surface area contributed by atoms with Gasteiger partial charge in [0.1, 0.15) is 5.69 Å². The van der Waals surface area contributed by atoms with Crippen molar-refractivity contribution < 1.29 is 14.3 Å². The number of esters is 1. The second-order valence-corrected chi connectivity index (χ2v) is 5.27. The number of H-pyrrole nitrogens is 1. The van der Waals surface area contributed by atoms with E-state index < -0.39 is 12.0 Å². The van der Waals surface area contributed by atoms with Crippen molar-refractivity contribution in [3.05, 3.63) is 71.9 Å². The quantitative estimate of drug-likeness (QED) is 0.696. The number of aromatic amines is 1. The van der Waals surface area contributed by atoms with Crippen LogP contribution in [-0.2, 0) is 9.53 Å². The molecule has 1 amide bonds. The molecule has 25 heavy (non-hydrogen) atoms. The third-order valence-corrected chi connectivity index (χ3v) is 3.70. The molecule has 1 atom stereocenters. The average molecular weight is 336 g/mol. The second kappa shape index (κ2) is 7.39. The third kappa shape index (κ3) is 3.72. The van der Waals surface area contributed by atoms with Crippen molar-refractivity contribution in [3.63, 3.8) is 0 Å². The highest BCUT2D eigenvalue weighted by Gasteiger charge is 2.23. The van der Waals surface area contributed by atoms with Crippen LogP contribution in [0.5, 0.6) is 0 Å². The van der Waals surface area contributed by atoms with Gasteiger partial charge in [-0.05, 0) is 17.7 Å². The molecule has 0 bridgehead atoms. The Labute approximate surface area is 144 Å². The Balaban J connectivity index is 1.78. The molecule has 7 heteroatoms. The Morgan fingerprint density at radius 1 is 1.08 bits per heavy atom. The maximum Gasteiger partial charge on any atom is 0.333 e. The maximum atomic E-state index is 12.5. The molecule has 0 fully saturated rings. The van der Waals surface area contributed by atoms with E-state index in [0.29, 0.717) is 16.8 Å². The lowest BCUT2D eigenvalue weighted by Crippen LogP contribution is -2.34. The average Bonchev–Trinajstić information content (AvgIpc) is 3.21. The number of aromatic nitrogens is 3. The largest absolute Gasteiger partial charge is 0.467 e. The Kier molecular flexibility index (Phi) is 4.84. The normalized spacial score (nSPS) is 11.6. The number of benzene rings is 2. The number of methoxy groups -OCH3 is 1. The van der Waals surface area contributed by atoms with Crippen molar-refractivity contribution in [1.82, 2.24) is 20.7 Å². The van der Waals surface area contributed by atoms with Gasteiger partial charge in [0.05, 0.1) is 13.3 Å². The fourth-order valence-corrected chi connectivity index (χ4v) is 2.39. The predicted octanol–water partition coefficient (Wildman–Crippen LogP) is 2.12. The van der Waals surface area contributed by atoms with E-state index in [0.717, 1.165) is 5.56 Å². The molecule has 0 saturated heterocycles. The van der Waals surface area contributed by atoms with E-state index in [9.17, 15) is 9.59 Å². The van der Waals surface area contributed by atoms with Crippen molar-refractivity contribution in [2.45, 2.75) is 6.04 Å². The van der Waals surface area contributed by atoms with Crippen LogP contribution in [-0.4, -0.2) is 34.4 Å². The van der Waals surface area contributed by atoms with Gasteiger partial charge in [-0.25, -0.2) is 4.79 Å². The summed E-state index contributed by atoms with van der Waals surface area (Å²) in [6.45, 7) is 0. The van der Waals surface area contributed by atoms with E-state index in [1.165, 1.54) is 7.11 Å². The minimum absolute atomic E-state index is 0.369. The zero-order chi connectivity index (χ0) is 17.6. The number of hydrogen-bond donors (Lipinski definition) is 2. The molecule has 3 aromatic rings. The fourth-order valence-electron chi connectivity index (χ4n) is 2.39. The van der Waals surface area contributed by atoms with E-state index in [1.807, 2.05) is 6.07 Å². The summed E-state index contributed by atoms with van der Waals surface area (Å²) in [6, 6.07) is 14.9. The molecule has 0 spiro atoms. The Hall–Kier alpha value is -3.48. The summed E-state index contributed by atoms with van der Waals surface area (Å²) in [6.07, 6.45) is 1.60. The molecule has 2 N–H and O–H groups in total. The number of nitrogens with zero attached hydrogens (tertiary/aromatic N) is 2. The number of amides is 1. The van der Waals surface area contributed by atoms with Gasteiger partial charge in [0.2, 0.25) is 0 Å². The highest BCUT2D eigenvalue weighted by molar-refractivity contribution is 5.97. The smallest absolute Gasteiger partial charge is 0.333 e. The zero-order valence-corrected chi connectivity index (χ0v) is 13.5. The van der Waals surface area contributed by atoms with Crippen molar-refractivity contribution in [3.8, 4) is 11.3 Å². The highest BCUT2D eigenvalue weighted by atomic mass is 16.5. The minimum Gasteiger partial charge on any atom is -0.467 e. The minimum atomic E-state index is -0.867. The lowest BCUT2D eigenvalue weighted by molar-refractivity contribution is -0.143. The van der Waals surface area contributed by atoms with E-state index in [2.05, 4.69) is 20.7 Å². The summed E-state index contributed by atoms with van der Waals surface area (Å²) in [5.74, 6) is -0.898. The van der Waals surface area contributed by atoms with E-state index in [1.54, 1.807) is 54.7 Å². The van der Waals surface area contributed by atoms with Crippen molar-refractivity contribution in [2.75, 3.05) is 7.11 Å². The lowest BCUT2D eigenvalue weighted by atomic mass is 10.1. The molecule has 0 aliphatic heterocycles. The molecule has 0 aliphatic rings. The van der Waals surface area contributed by atoms with Crippen LogP contribution in [0.3, 0.4) is 0 Å². The fraction of sp³-hybridized carbons (Fsp3) is 0.111. The van der Waals surface area contributed by atoms with Gasteiger partial charge < -0.3 is 10.1 Å². The van der Waals surface area contributed by atoms with Gasteiger partial charge in [0, 0.05) is 11.1 Å². The van der Waals surface area contributed by atoms with Crippen LogP contribution in [0.15, 0.2) is 60.8 Å². The molecule has 126 valence electrons. The van der Waals surface area contributed by atoms with Crippen molar-refractivity contribution >= 4 is 11.9 Å². The van der Waals surface area contributed by atoms with Crippen LogP contribution in [0, 0.1) is 0 Å². The van der Waals surface area contributed by atoms with Crippen LogP contribution in [0.25, 0.3) is 11.3 Å². The second-order valence-electron chi connectivity index (χ2n) is 5.27. The van der Waals surface area contributed by atoms with Gasteiger partial charge in [-0.15, -0.1) is 0 Å². The molecule has 1 heterocycles. The predicted molar refractivity (Wildman–Crippen MR) is 90.5 cm³/mol. The van der Waals surface area contributed by atoms with Crippen LogP contribution in [0.4, 0.5) is 0 Å². The molecular weight excluding hydrogens is 320 g/mol. The first-order valence-corrected chi connectivity index (χ1v) is 7.59. The van der Waals surface area contributed by atoms with E-state index in [4.69, 9.17) is 4.74 Å². The Morgan fingerprint density at radius 2 is 1.80 bits per heavy atom. The Morgan fingerprint density at radius 3 is 2.40 bits per heavy atom. The number of rotatable bonds is 5. The molecular formula is C18H16N4O3. The topological polar surface area (TPSA) is 97.0 Å². The molecule has 3 rings (SSSR count). The summed E-state index contributed by atoms with van der Waals surface area (Å²) < 4.78 is 4.80. The van der Waals surface area contributed by atoms with Gasteiger partial charge >= 0.3 is 5.97 Å². The molecule has 0 aliphatic carbocycles. The van der Waals surface area contributed by atoms with Crippen molar-refractivity contribution in [2.24, 2.45) is 0 Å². The number of hydrogen-bond acceptors (Lipinski definition) is 5. The molecule has 2 aromatic carbocycles. The summed E-state index contributed by atoms with van der Waals surface area (Å²) in [5.41, 5.74) is 2.60. The Bertz CT molecular complexity index is 846. The first-order valence-electron chi connectivity index (χ1n) is 7.59. The maximum absolute atomic E-state index is 12.5. The molecule has 0 radical (unpaired) electrons.